The number of fused-ring (bicyclic) bond motifs is 30. The van der Waals surface area contributed by atoms with Gasteiger partial charge in [0, 0.05) is 168 Å². The lowest BCUT2D eigenvalue weighted by molar-refractivity contribution is -0.693. The molecule has 526 valence electrons. The van der Waals surface area contributed by atoms with Crippen LogP contribution in [0.4, 0.5) is 0 Å². The van der Waals surface area contributed by atoms with Crippen molar-refractivity contribution in [3.8, 4) is 90.1 Å². The van der Waals surface area contributed by atoms with E-state index in [1.165, 1.54) is 230 Å². The first-order valence-corrected chi connectivity index (χ1v) is 40.1. The van der Waals surface area contributed by atoms with Gasteiger partial charge in [-0.25, -0.2) is 0 Å². The number of benzene rings is 5. The molecule has 8 aliphatic rings. The van der Waals surface area contributed by atoms with E-state index in [4.69, 9.17) is 0 Å². The maximum Gasteiger partial charge on any atom is 0.214 e. The molecule has 0 unspecified atom stereocenters. The molecular weight excluding hydrogens is 1290 g/mol. The molecule has 21 rings (SSSR count). The molecule has 106 heavy (non-hydrogen) atoms. The average Bonchev–Trinajstić information content (AvgIpc) is 1.42. The molecule has 0 bridgehead atoms. The van der Waals surface area contributed by atoms with Crippen LogP contribution in [0.1, 0.15) is 130 Å². The van der Waals surface area contributed by atoms with Crippen LogP contribution in [0.5, 0.6) is 0 Å². The Morgan fingerprint density at radius 2 is 0.509 bits per heavy atom. The van der Waals surface area contributed by atoms with Gasteiger partial charge >= 0.3 is 0 Å². The zero-order valence-electron chi connectivity index (χ0n) is 63.3. The van der Waals surface area contributed by atoms with Crippen LogP contribution in [0.2, 0.25) is 0 Å². The monoisotopic (exact) mass is 1390 g/mol. The van der Waals surface area contributed by atoms with E-state index in [2.05, 4.69) is 297 Å². The molecule has 0 saturated heterocycles. The normalized spacial score (nSPS) is 15.1. The number of hydrogen-bond acceptors (Lipinski definition) is 0. The highest BCUT2D eigenvalue weighted by Crippen LogP contribution is 2.44. The number of hydrogen-bond donors (Lipinski definition) is 0. The molecule has 0 N–H and O–H groups in total. The summed E-state index contributed by atoms with van der Waals surface area (Å²) in [6, 6.07) is 71.3. The van der Waals surface area contributed by atoms with Gasteiger partial charge < -0.3 is 0 Å². The molecular formula is C98H102N8+8. The first-order chi connectivity index (χ1) is 52.1. The number of aryl methyl sites for hydroxylation is 20. The van der Waals surface area contributed by atoms with Gasteiger partial charge in [0.1, 0.15) is 52.4 Å². The average molecular weight is 1390 g/mol. The summed E-state index contributed by atoms with van der Waals surface area (Å²) in [6.45, 7) is 22.2. The summed E-state index contributed by atoms with van der Waals surface area (Å²) in [4.78, 5) is 0. The fraction of sp³-hybridized carbons (Fsp3) is 0.306. The van der Waals surface area contributed by atoms with Gasteiger partial charge in [0.2, 0.25) is 51.1 Å². The van der Waals surface area contributed by atoms with Gasteiger partial charge in [-0.2, -0.15) is 36.5 Å². The van der Waals surface area contributed by atoms with Gasteiger partial charge in [-0.3, -0.25) is 0 Å². The molecule has 0 radical (unpaired) electrons. The number of para-hydroxylation sites is 1. The topological polar surface area (TPSA) is 31.0 Å². The molecule has 16 heterocycles. The summed E-state index contributed by atoms with van der Waals surface area (Å²) < 4.78 is 19.9. The molecule has 0 aliphatic carbocycles. The Bertz CT molecular complexity index is 5450. The lowest BCUT2D eigenvalue weighted by Crippen LogP contribution is -2.40. The van der Waals surface area contributed by atoms with Crippen molar-refractivity contribution in [3.05, 3.63) is 297 Å². The highest BCUT2D eigenvalue weighted by atomic mass is 15.0. The van der Waals surface area contributed by atoms with E-state index >= 15 is 0 Å². The van der Waals surface area contributed by atoms with Crippen LogP contribution >= 0.6 is 0 Å². The van der Waals surface area contributed by atoms with Gasteiger partial charge in [-0.1, -0.05) is 60.7 Å². The third-order valence-electron chi connectivity index (χ3n) is 24.6. The molecule has 8 nitrogen and oxygen atoms in total. The van der Waals surface area contributed by atoms with Crippen molar-refractivity contribution in [1.82, 2.24) is 0 Å². The summed E-state index contributed by atoms with van der Waals surface area (Å²) in [7, 11) is 0. The lowest BCUT2D eigenvalue weighted by atomic mass is 9.88. The van der Waals surface area contributed by atoms with Gasteiger partial charge in [0.05, 0.1) is 44.5 Å². The molecule has 8 heteroatoms. The minimum Gasteiger partial charge on any atom is -0.198 e. The number of nitrogens with zero attached hydrogens (tertiary/aromatic N) is 8. The molecule has 8 aromatic heterocycles. The lowest BCUT2D eigenvalue weighted by Gasteiger charge is -2.14. The second-order valence-electron chi connectivity index (χ2n) is 31.6. The van der Waals surface area contributed by atoms with Crippen molar-refractivity contribution in [2.24, 2.45) is 0 Å². The molecule has 0 fully saturated rings. The molecule has 0 atom stereocenters. The molecule has 0 amide bonds. The van der Waals surface area contributed by atoms with Crippen molar-refractivity contribution in [2.45, 2.75) is 197 Å². The standard InChI is InChI=1S/C27H26N2.2C24H26N2.C23H24N2/c1-19-18-25-27-21(9-7-17-29(25)23-11-3-2-10-22(19)23)14-13-20-8-6-16-28-15-5-4-12-24(28)26(20)27;1-17-7-3-11-21-23-19(9-5-15-25(17)21)13-14-20-10-6-16-26-18(2)8-4-12-22(26)24(20)23;1-17-9-13-25-11-3-5-19-7-8-20-6-4-12-26-14-10-18(2)16-22(26)24(20)23(19)21(25)15-17;1-17-11-15-25-14-5-7-19-10-9-18-6-4-13-24-12-3-2-8-20(24)22(18)23(19)21(25)16-17/h2-5,10-15,18H,6-9,16-17H2,1H3;3-4,7-8,11-14H,5-6,9-10,15-16H2,1-2H3;7-10,13-16H,3-6,11-12H2,1-2H3;2-3,8-12,15-16H,4-7,13-14H2,1H3/q4*+2. The van der Waals surface area contributed by atoms with Crippen LogP contribution in [-0.4, -0.2) is 0 Å². The summed E-state index contributed by atoms with van der Waals surface area (Å²) in [5, 5.41) is 1.37. The summed E-state index contributed by atoms with van der Waals surface area (Å²) in [5.41, 5.74) is 44.4. The van der Waals surface area contributed by atoms with Gasteiger partial charge in [0.15, 0.2) is 42.4 Å². The van der Waals surface area contributed by atoms with Gasteiger partial charge in [-0.15, -0.1) is 0 Å². The van der Waals surface area contributed by atoms with E-state index in [9.17, 15) is 0 Å². The Balaban J connectivity index is 0.000000100. The number of aromatic nitrogens is 8. The van der Waals surface area contributed by atoms with Crippen LogP contribution in [-0.2, 0) is 104 Å². The zero-order valence-corrected chi connectivity index (χ0v) is 63.3. The van der Waals surface area contributed by atoms with Crippen LogP contribution in [0.3, 0.4) is 0 Å². The SMILES string of the molecule is Cc1cc2[n+](c3ccccc13)CCCc1ccc3c(c1-2)-c1cccc[n+]1CCC3.Cc1cc[n+]2c(c1)-c1c(ccc3c1-c1cc(C)cc[n+]1CCC3)CCC2.Cc1cc[n+]2c(c1)-c1c(ccc3c1-c1cccc[n+]1CCC3)CCC2.Cc1cccc2[n+]1CCCc1ccc3c(c1-2)-c1cccc(C)[n+]1CCC3. The first kappa shape index (κ1) is 67.4. The van der Waals surface area contributed by atoms with Crippen molar-refractivity contribution in [2.75, 3.05) is 0 Å². The second-order valence-corrected chi connectivity index (χ2v) is 31.6. The Kier molecular flexibility index (Phi) is 18.3. The predicted molar refractivity (Wildman–Crippen MR) is 423 cm³/mol. The Hall–Kier alpha value is -10.4. The highest BCUT2D eigenvalue weighted by Gasteiger charge is 2.38. The summed E-state index contributed by atoms with van der Waals surface area (Å²) >= 11 is 0. The minimum absolute atomic E-state index is 1.08. The number of rotatable bonds is 0. The van der Waals surface area contributed by atoms with E-state index in [1.54, 1.807) is 0 Å². The van der Waals surface area contributed by atoms with Gasteiger partial charge in [-0.05, 0) is 176 Å². The van der Waals surface area contributed by atoms with Crippen molar-refractivity contribution < 1.29 is 36.5 Å². The first-order valence-electron chi connectivity index (χ1n) is 40.1. The molecule has 13 aromatic rings. The smallest absolute Gasteiger partial charge is 0.198 e. The molecule has 0 saturated carbocycles. The van der Waals surface area contributed by atoms with Crippen molar-refractivity contribution in [1.29, 1.82) is 0 Å². The Labute approximate surface area is 627 Å². The predicted octanol–water partition coefficient (Wildman–Crippen LogP) is 17.0. The fourth-order valence-electron chi connectivity index (χ4n) is 19.5. The largest absolute Gasteiger partial charge is 0.214 e. The zero-order chi connectivity index (χ0) is 71.5. The van der Waals surface area contributed by atoms with Crippen LogP contribution in [0.15, 0.2) is 219 Å². The highest BCUT2D eigenvalue weighted by molar-refractivity contribution is 5.89. The molecule has 0 spiro atoms. The van der Waals surface area contributed by atoms with E-state index in [1.807, 2.05) is 0 Å². The summed E-state index contributed by atoms with van der Waals surface area (Å²) in [6.07, 6.45) is 30.2. The van der Waals surface area contributed by atoms with E-state index in [0.29, 0.717) is 0 Å². The number of pyridine rings is 8. The maximum atomic E-state index is 2.58. The Morgan fingerprint density at radius 1 is 0.217 bits per heavy atom. The molecule has 8 aliphatic heterocycles. The van der Waals surface area contributed by atoms with Crippen molar-refractivity contribution in [3.63, 3.8) is 0 Å². The fourth-order valence-corrected chi connectivity index (χ4v) is 19.5. The van der Waals surface area contributed by atoms with E-state index < -0.39 is 0 Å². The van der Waals surface area contributed by atoms with Gasteiger partial charge in [0.25, 0.3) is 0 Å². The van der Waals surface area contributed by atoms with Crippen LogP contribution < -0.4 is 36.5 Å². The summed E-state index contributed by atoms with van der Waals surface area (Å²) in [5.74, 6) is 0. The maximum absolute atomic E-state index is 2.58. The van der Waals surface area contributed by atoms with E-state index in [0.717, 1.165) is 104 Å². The third kappa shape index (κ3) is 12.5. The quantitative estimate of drug-likeness (QED) is 0.136. The molecule has 5 aromatic carbocycles. The Morgan fingerprint density at radius 3 is 0.887 bits per heavy atom. The van der Waals surface area contributed by atoms with E-state index in [-0.39, 0.29) is 0 Å². The third-order valence-corrected chi connectivity index (χ3v) is 24.6. The van der Waals surface area contributed by atoms with Crippen LogP contribution in [0, 0.1) is 41.5 Å². The van der Waals surface area contributed by atoms with Crippen LogP contribution in [0.25, 0.3) is 101 Å². The second kappa shape index (κ2) is 28.8. The minimum atomic E-state index is 1.08. The van der Waals surface area contributed by atoms with Crippen molar-refractivity contribution >= 4 is 10.9 Å².